The average molecular weight is 593 g/mol. The van der Waals surface area contributed by atoms with E-state index in [0.29, 0.717) is 25.7 Å². The van der Waals surface area contributed by atoms with Crippen LogP contribution < -0.4 is 37.9 Å². The minimum Gasteiger partial charge on any atom is -0.457 e. The molecule has 8 nitrogen and oxygen atoms in total. The average Bonchev–Trinajstić information content (AvgIpc) is 2.94. The van der Waals surface area contributed by atoms with Crippen molar-refractivity contribution in [3.05, 3.63) is 91.0 Å². The summed E-state index contributed by atoms with van der Waals surface area (Å²) >= 11 is 0. The third-order valence-corrected chi connectivity index (χ3v) is 9.60. The van der Waals surface area contributed by atoms with E-state index in [1.54, 1.807) is 0 Å². The highest BCUT2D eigenvalue weighted by Crippen LogP contribution is 2.48. The Hall–Kier alpha value is -4.72. The van der Waals surface area contributed by atoms with E-state index < -0.39 is 0 Å². The molecule has 0 fully saturated rings. The Kier molecular flexibility index (Phi) is 5.49. The first-order valence-electron chi connectivity index (χ1n) is 15.1. The molecule has 0 atom stereocenters. The van der Waals surface area contributed by atoms with Crippen LogP contribution in [0, 0.1) is 27.7 Å². The van der Waals surface area contributed by atoms with Crippen molar-refractivity contribution >= 4 is 0 Å². The standard InChI is InChI=1S/C36H32O8/c1-17-29-21-5-22-10-24-7-26-12-28-8-27-11-25-6-23(9-21)31(39-13-37-29)18(2)33(25)41-15-43-35(27)20(4)36(28)44-16-42-34(26)19(3)32(24)40-14-38-30(17)22/h5-8H,9-16H2,1-4H3. The summed E-state index contributed by atoms with van der Waals surface area (Å²) in [5, 5.41) is 0. The minimum absolute atomic E-state index is 0.0780. The normalized spacial score (nSPS) is 16.5. The van der Waals surface area contributed by atoms with Crippen molar-refractivity contribution < 1.29 is 37.9 Å². The highest BCUT2D eigenvalue weighted by atomic mass is 16.7. The lowest BCUT2D eigenvalue weighted by Gasteiger charge is -2.30. The van der Waals surface area contributed by atoms with Gasteiger partial charge in [-0.3, -0.25) is 0 Å². The Bertz CT molecular complexity index is 1530. The van der Waals surface area contributed by atoms with E-state index in [4.69, 9.17) is 37.9 Å². The fourth-order valence-electron chi connectivity index (χ4n) is 7.77. The van der Waals surface area contributed by atoms with Gasteiger partial charge in [0.1, 0.15) is 46.0 Å². The highest BCUT2D eigenvalue weighted by Gasteiger charge is 2.31. The third-order valence-electron chi connectivity index (χ3n) is 9.60. The van der Waals surface area contributed by atoms with Gasteiger partial charge in [-0.2, -0.15) is 0 Å². The first kappa shape index (κ1) is 25.7. The van der Waals surface area contributed by atoms with Gasteiger partial charge in [0.15, 0.2) is 0 Å². The van der Waals surface area contributed by atoms with Gasteiger partial charge < -0.3 is 37.9 Å². The first-order chi connectivity index (χ1) is 21.4. The second kappa shape index (κ2) is 9.39. The smallest absolute Gasteiger partial charge is 0.230 e. The predicted octanol–water partition coefficient (Wildman–Crippen LogP) is 6.51. The van der Waals surface area contributed by atoms with Crippen molar-refractivity contribution in [1.82, 2.24) is 0 Å². The van der Waals surface area contributed by atoms with Crippen molar-refractivity contribution in [2.75, 3.05) is 27.2 Å². The zero-order valence-corrected chi connectivity index (χ0v) is 25.2. The van der Waals surface area contributed by atoms with Gasteiger partial charge in [0.25, 0.3) is 0 Å². The maximum absolute atomic E-state index is 6.28. The lowest BCUT2D eigenvalue weighted by atomic mass is 9.87. The lowest BCUT2D eigenvalue weighted by Crippen LogP contribution is -2.21. The molecule has 4 aromatic rings. The van der Waals surface area contributed by atoms with Crippen LogP contribution in [0.2, 0.25) is 0 Å². The molecular weight excluding hydrogens is 560 g/mol. The second-order valence-electron chi connectivity index (χ2n) is 12.2. The van der Waals surface area contributed by atoms with Gasteiger partial charge in [-0.25, -0.2) is 0 Å². The molecule has 0 saturated heterocycles. The monoisotopic (exact) mass is 592 g/mol. The van der Waals surface area contributed by atoms with E-state index in [1.165, 1.54) is 0 Å². The zero-order valence-electron chi connectivity index (χ0n) is 25.2. The molecule has 0 saturated carbocycles. The van der Waals surface area contributed by atoms with Crippen molar-refractivity contribution in [3.8, 4) is 46.0 Å². The Morgan fingerprint density at radius 2 is 0.455 bits per heavy atom. The molecule has 8 bridgehead atoms. The van der Waals surface area contributed by atoms with Gasteiger partial charge in [-0.1, -0.05) is 0 Å². The van der Waals surface area contributed by atoms with Crippen molar-refractivity contribution in [2.24, 2.45) is 0 Å². The third kappa shape index (κ3) is 3.69. The highest BCUT2D eigenvalue weighted by molar-refractivity contribution is 5.65. The van der Waals surface area contributed by atoms with Crippen molar-refractivity contribution in [2.45, 2.75) is 53.4 Å². The van der Waals surface area contributed by atoms with Gasteiger partial charge in [-0.15, -0.1) is 0 Å². The minimum atomic E-state index is 0.0780. The maximum atomic E-state index is 6.28. The van der Waals surface area contributed by atoms with Crippen molar-refractivity contribution in [1.29, 1.82) is 0 Å². The molecule has 0 N–H and O–H groups in total. The summed E-state index contributed by atoms with van der Waals surface area (Å²) < 4.78 is 50.3. The Morgan fingerprint density at radius 1 is 0.295 bits per heavy atom. The number of rotatable bonds is 0. The molecule has 0 spiro atoms. The molecule has 4 aliphatic heterocycles. The summed E-state index contributed by atoms with van der Waals surface area (Å²) in [7, 11) is 0. The Balaban J connectivity index is 1.36. The Labute approximate surface area is 255 Å². The molecule has 9 rings (SSSR count). The van der Waals surface area contributed by atoms with Crippen LogP contribution in [0.3, 0.4) is 0 Å². The molecule has 0 unspecified atom stereocenters. The molecule has 1 aliphatic carbocycles. The molecule has 4 aromatic carbocycles. The molecule has 0 amide bonds. The van der Waals surface area contributed by atoms with E-state index in [0.717, 1.165) is 113 Å². The summed E-state index contributed by atoms with van der Waals surface area (Å²) in [5.74, 6) is 6.38. The molecular formula is C36H32O8. The Morgan fingerprint density at radius 3 is 0.614 bits per heavy atom. The van der Waals surface area contributed by atoms with E-state index in [2.05, 4.69) is 52.0 Å². The van der Waals surface area contributed by atoms with E-state index in [9.17, 15) is 0 Å². The lowest BCUT2D eigenvalue weighted by molar-refractivity contribution is 0.0977. The summed E-state index contributed by atoms with van der Waals surface area (Å²) in [6.45, 7) is 8.53. The quantitative estimate of drug-likeness (QED) is 0.202. The van der Waals surface area contributed by atoms with E-state index in [1.807, 2.05) is 0 Å². The number of ether oxygens (including phenoxy) is 8. The SMILES string of the molecule is Cc1c2c3cc4c1OCOc1c(cc5c(c1C)OCOc1c(cc6c(c1C)OCOc1c(cc(c(c1C)OCO2)C3)C6)C5)C4. The number of hydrogen-bond acceptors (Lipinski definition) is 8. The number of hydrogen-bond donors (Lipinski definition) is 0. The molecule has 44 heavy (non-hydrogen) atoms. The van der Waals surface area contributed by atoms with Crippen LogP contribution in [0.1, 0.15) is 66.8 Å². The summed E-state index contributed by atoms with van der Waals surface area (Å²) in [6, 6.07) is 8.95. The molecule has 4 heterocycles. The summed E-state index contributed by atoms with van der Waals surface area (Å²) in [5.41, 5.74) is 12.6. The van der Waals surface area contributed by atoms with Crippen molar-refractivity contribution in [3.63, 3.8) is 0 Å². The van der Waals surface area contributed by atoms with Crippen LogP contribution in [-0.2, 0) is 25.7 Å². The topological polar surface area (TPSA) is 73.8 Å². The van der Waals surface area contributed by atoms with Crippen LogP contribution in [-0.4, -0.2) is 27.2 Å². The van der Waals surface area contributed by atoms with Gasteiger partial charge in [0, 0.05) is 47.9 Å². The fourth-order valence-corrected chi connectivity index (χ4v) is 7.77. The molecule has 5 aliphatic rings. The van der Waals surface area contributed by atoms with Gasteiger partial charge in [0.05, 0.1) is 0 Å². The van der Waals surface area contributed by atoms with Crippen LogP contribution in [0.4, 0.5) is 0 Å². The van der Waals surface area contributed by atoms with Crippen LogP contribution in [0.25, 0.3) is 0 Å². The molecule has 0 radical (unpaired) electrons. The second-order valence-corrected chi connectivity index (χ2v) is 12.2. The van der Waals surface area contributed by atoms with Gasteiger partial charge in [-0.05, 0) is 96.5 Å². The van der Waals surface area contributed by atoms with Crippen LogP contribution in [0.15, 0.2) is 24.3 Å². The van der Waals surface area contributed by atoms with Gasteiger partial charge >= 0.3 is 0 Å². The first-order valence-corrected chi connectivity index (χ1v) is 15.1. The van der Waals surface area contributed by atoms with E-state index >= 15 is 0 Å². The molecule has 8 heteroatoms. The van der Waals surface area contributed by atoms with Crippen LogP contribution in [0.5, 0.6) is 46.0 Å². The largest absolute Gasteiger partial charge is 0.457 e. The summed E-state index contributed by atoms with van der Waals surface area (Å²) in [4.78, 5) is 0. The van der Waals surface area contributed by atoms with E-state index in [-0.39, 0.29) is 27.2 Å². The molecule has 0 aromatic heterocycles. The maximum Gasteiger partial charge on any atom is 0.230 e. The summed E-state index contributed by atoms with van der Waals surface area (Å²) in [6.07, 6.45) is 2.59. The molecule has 224 valence electrons. The predicted molar refractivity (Wildman–Crippen MR) is 160 cm³/mol. The van der Waals surface area contributed by atoms with Crippen LogP contribution >= 0.6 is 0 Å². The number of benzene rings is 4. The fraction of sp³-hybridized carbons (Fsp3) is 0.333. The zero-order chi connectivity index (χ0) is 29.7. The van der Waals surface area contributed by atoms with Gasteiger partial charge in [0.2, 0.25) is 27.2 Å².